The van der Waals surface area contributed by atoms with E-state index in [2.05, 4.69) is 47.1 Å². The lowest BCUT2D eigenvalue weighted by Crippen LogP contribution is -2.58. The lowest BCUT2D eigenvalue weighted by atomic mass is 9.45. The Balaban J connectivity index is 1.74. The van der Waals surface area contributed by atoms with E-state index in [0.717, 1.165) is 18.3 Å². The molecule has 0 aromatic carbocycles. The molecule has 3 fully saturated rings. The van der Waals surface area contributed by atoms with E-state index >= 15 is 0 Å². The highest BCUT2D eigenvalue weighted by Crippen LogP contribution is 2.61. The molecule has 0 amide bonds. The third-order valence-corrected chi connectivity index (χ3v) is 6.98. The van der Waals surface area contributed by atoms with Gasteiger partial charge in [0, 0.05) is 6.04 Å². The monoisotopic (exact) mass is 397 g/mol. The van der Waals surface area contributed by atoms with Crippen molar-refractivity contribution in [1.29, 1.82) is 0 Å². The molecule has 0 radical (unpaired) electrons. The molecule has 6 nitrogen and oxygen atoms in total. The lowest BCUT2D eigenvalue weighted by molar-refractivity contribution is -0.137. The van der Waals surface area contributed by atoms with Gasteiger partial charge in [-0.2, -0.15) is 5.10 Å². The molecule has 24 heavy (non-hydrogen) atoms. The maximum atomic E-state index is 12.3. The van der Waals surface area contributed by atoms with Crippen LogP contribution in [0.2, 0.25) is 0 Å². The van der Waals surface area contributed by atoms with Gasteiger partial charge in [-0.1, -0.05) is 20.8 Å². The summed E-state index contributed by atoms with van der Waals surface area (Å²) in [6, 6.07) is 0.342. The van der Waals surface area contributed by atoms with Crippen LogP contribution in [-0.2, 0) is 11.3 Å². The van der Waals surface area contributed by atoms with E-state index < -0.39 is 5.97 Å². The molecule has 2 bridgehead atoms. The van der Waals surface area contributed by atoms with E-state index in [4.69, 9.17) is 5.11 Å². The molecule has 1 aromatic heterocycles. The zero-order chi connectivity index (χ0) is 17.6. The van der Waals surface area contributed by atoms with Gasteiger partial charge in [0.05, 0.1) is 24.8 Å². The van der Waals surface area contributed by atoms with Crippen LogP contribution in [0.4, 0.5) is 5.69 Å². The van der Waals surface area contributed by atoms with E-state index in [1.807, 2.05) is 0 Å². The van der Waals surface area contributed by atoms with E-state index in [-0.39, 0.29) is 18.5 Å². The van der Waals surface area contributed by atoms with Crippen LogP contribution in [-0.4, -0.2) is 26.9 Å². The largest absolute Gasteiger partial charge is 0.481 e. The first kappa shape index (κ1) is 17.5. The first-order chi connectivity index (χ1) is 11.2. The number of nitrogens with zero attached hydrogens (tertiary/aromatic N) is 2. The van der Waals surface area contributed by atoms with Crippen molar-refractivity contribution in [2.45, 2.75) is 52.6 Å². The minimum Gasteiger partial charge on any atom is -0.481 e. The molecule has 0 unspecified atom stereocenters. The van der Waals surface area contributed by atoms with Crippen molar-refractivity contribution in [3.63, 3.8) is 0 Å². The quantitative estimate of drug-likeness (QED) is 0.797. The van der Waals surface area contributed by atoms with Gasteiger partial charge in [0.1, 0.15) is 4.47 Å². The number of halogens is 1. The summed E-state index contributed by atoms with van der Waals surface area (Å²) in [4.78, 5) is 23.0. The van der Waals surface area contributed by atoms with Gasteiger partial charge in [0.2, 0.25) is 0 Å². The minimum absolute atomic E-state index is 0.0746. The Hall–Kier alpha value is -1.37. The zero-order valence-electron chi connectivity index (χ0n) is 14.3. The number of nitrogens with one attached hydrogen (secondary N) is 1. The summed E-state index contributed by atoms with van der Waals surface area (Å²) in [5.74, 6) is 1.06. The predicted molar refractivity (Wildman–Crippen MR) is 95.0 cm³/mol. The number of hydrogen-bond donors (Lipinski definition) is 2. The first-order valence-electron chi connectivity index (χ1n) is 8.45. The number of carbonyl (C=O) groups is 1. The van der Waals surface area contributed by atoms with Gasteiger partial charge in [0.15, 0.2) is 0 Å². The van der Waals surface area contributed by atoms with Gasteiger partial charge in [-0.25, -0.2) is 4.68 Å². The number of carboxylic acids is 1. The molecule has 1 heterocycles. The third kappa shape index (κ3) is 2.87. The van der Waals surface area contributed by atoms with Crippen LogP contribution in [0.25, 0.3) is 0 Å². The van der Waals surface area contributed by atoms with E-state index in [1.54, 1.807) is 6.20 Å². The lowest BCUT2D eigenvalue weighted by Gasteiger charge is -2.62. The van der Waals surface area contributed by atoms with Crippen LogP contribution in [0.3, 0.4) is 0 Å². The predicted octanol–water partition coefficient (Wildman–Crippen LogP) is 2.96. The molecule has 2 N–H and O–H groups in total. The van der Waals surface area contributed by atoms with E-state index in [9.17, 15) is 9.59 Å². The molecular weight excluding hydrogens is 374 g/mol. The highest BCUT2D eigenvalue weighted by molar-refractivity contribution is 9.10. The van der Waals surface area contributed by atoms with Gasteiger partial charge in [-0.05, 0) is 51.9 Å². The number of aryl methyl sites for hydroxylation is 1. The fraction of sp³-hybridized carbons (Fsp3) is 0.706. The van der Waals surface area contributed by atoms with Crippen LogP contribution >= 0.6 is 15.9 Å². The third-order valence-electron chi connectivity index (χ3n) is 6.22. The number of aromatic nitrogens is 2. The molecule has 3 saturated carbocycles. The Kier molecular flexibility index (Phi) is 4.49. The number of carboxylic acid groups (broad SMARTS) is 1. The highest BCUT2D eigenvalue weighted by atomic mass is 79.9. The van der Waals surface area contributed by atoms with Gasteiger partial charge in [-0.15, -0.1) is 0 Å². The second-order valence-corrected chi connectivity index (χ2v) is 8.54. The average Bonchev–Trinajstić information content (AvgIpc) is 2.52. The molecule has 4 rings (SSSR count). The second kappa shape index (κ2) is 6.17. The van der Waals surface area contributed by atoms with Crippen molar-refractivity contribution >= 4 is 27.6 Å². The number of rotatable bonds is 5. The number of hydrogen-bond acceptors (Lipinski definition) is 4. The molecule has 3 aliphatic carbocycles. The van der Waals surface area contributed by atoms with Crippen molar-refractivity contribution < 1.29 is 9.90 Å². The maximum absolute atomic E-state index is 12.3. The van der Waals surface area contributed by atoms with Crippen molar-refractivity contribution in [3.05, 3.63) is 21.0 Å². The molecule has 0 saturated heterocycles. The Bertz CT molecular complexity index is 716. The molecule has 3 aliphatic rings. The Labute approximate surface area is 149 Å². The fourth-order valence-electron chi connectivity index (χ4n) is 4.47. The smallest absolute Gasteiger partial charge is 0.305 e. The van der Waals surface area contributed by atoms with Crippen molar-refractivity contribution in [3.8, 4) is 0 Å². The standard InChI is InChI=1S/C17H24BrN3O3/c1-9-11-6-10(17(11,2)3)7-12(9)20-13-8-19-21(5-4-14(22)23)16(24)15(13)18/h8-12,20H,4-7H2,1-3H3,(H,22,23)/t9-,10-,11+,12-/m1/s1. The zero-order valence-corrected chi connectivity index (χ0v) is 15.8. The van der Waals surface area contributed by atoms with E-state index in [0.29, 0.717) is 27.5 Å². The summed E-state index contributed by atoms with van der Waals surface area (Å²) < 4.78 is 1.61. The fourth-order valence-corrected chi connectivity index (χ4v) is 4.89. The molecule has 0 aliphatic heterocycles. The first-order valence-corrected chi connectivity index (χ1v) is 9.25. The van der Waals surface area contributed by atoms with Crippen molar-refractivity contribution in [2.75, 3.05) is 5.32 Å². The summed E-state index contributed by atoms with van der Waals surface area (Å²) in [6.45, 7) is 7.08. The van der Waals surface area contributed by atoms with Gasteiger partial charge in [-0.3, -0.25) is 9.59 Å². The van der Waals surface area contributed by atoms with Gasteiger partial charge >= 0.3 is 5.97 Å². The topological polar surface area (TPSA) is 84.2 Å². The summed E-state index contributed by atoms with van der Waals surface area (Å²) >= 11 is 3.35. The number of fused-ring (bicyclic) bond motifs is 2. The summed E-state index contributed by atoms with van der Waals surface area (Å²) in [6.07, 6.45) is 3.91. The minimum atomic E-state index is -0.945. The summed E-state index contributed by atoms with van der Waals surface area (Å²) in [5, 5.41) is 16.3. The molecule has 1 aromatic rings. The second-order valence-electron chi connectivity index (χ2n) is 7.75. The van der Waals surface area contributed by atoms with Crippen LogP contribution in [0, 0.1) is 23.2 Å². The SMILES string of the molecule is C[C@H]1[C@H](Nc2cnn(CCC(=O)O)c(=O)c2Br)C[C@H]2C[C@@H]1C2(C)C. The van der Waals surface area contributed by atoms with Crippen LogP contribution in [0.15, 0.2) is 15.5 Å². The van der Waals surface area contributed by atoms with Crippen LogP contribution in [0.5, 0.6) is 0 Å². The molecule has 132 valence electrons. The summed E-state index contributed by atoms with van der Waals surface area (Å²) in [7, 11) is 0. The highest BCUT2D eigenvalue weighted by Gasteiger charge is 2.56. The van der Waals surface area contributed by atoms with Crippen LogP contribution < -0.4 is 10.9 Å². The average molecular weight is 398 g/mol. The normalized spacial score (nSPS) is 30.5. The number of aliphatic carboxylic acids is 1. The molecule has 0 spiro atoms. The Morgan fingerprint density at radius 1 is 1.50 bits per heavy atom. The number of anilines is 1. The Morgan fingerprint density at radius 2 is 2.21 bits per heavy atom. The van der Waals surface area contributed by atoms with E-state index in [1.165, 1.54) is 11.1 Å². The maximum Gasteiger partial charge on any atom is 0.305 e. The van der Waals surface area contributed by atoms with Gasteiger partial charge in [0.25, 0.3) is 5.56 Å². The Morgan fingerprint density at radius 3 is 2.79 bits per heavy atom. The van der Waals surface area contributed by atoms with Crippen molar-refractivity contribution in [1.82, 2.24) is 9.78 Å². The molecular formula is C17H24BrN3O3. The van der Waals surface area contributed by atoms with Crippen molar-refractivity contribution in [2.24, 2.45) is 23.2 Å². The van der Waals surface area contributed by atoms with Crippen LogP contribution in [0.1, 0.15) is 40.0 Å². The van der Waals surface area contributed by atoms with Gasteiger partial charge < -0.3 is 10.4 Å². The molecule has 7 heteroatoms. The molecule has 4 atom stereocenters. The summed E-state index contributed by atoms with van der Waals surface area (Å²) in [5.41, 5.74) is 0.825.